The molecular formula is C19H31N5O5. The van der Waals surface area contributed by atoms with Crippen molar-refractivity contribution < 1.29 is 24.0 Å². The summed E-state index contributed by atoms with van der Waals surface area (Å²) < 4.78 is 5.10. The van der Waals surface area contributed by atoms with Crippen LogP contribution in [0.25, 0.3) is 0 Å². The number of aryl methyl sites for hydroxylation is 1. The zero-order valence-electron chi connectivity index (χ0n) is 17.3. The number of amides is 3. The van der Waals surface area contributed by atoms with Crippen LogP contribution in [0.2, 0.25) is 0 Å². The predicted molar refractivity (Wildman–Crippen MR) is 105 cm³/mol. The van der Waals surface area contributed by atoms with Gasteiger partial charge in [0.25, 0.3) is 0 Å². The number of aromatic nitrogens is 1. The van der Waals surface area contributed by atoms with Crippen molar-refractivity contribution in [1.82, 2.24) is 20.5 Å². The Kier molecular flexibility index (Phi) is 8.59. The maximum atomic E-state index is 12.5. The van der Waals surface area contributed by atoms with E-state index >= 15 is 0 Å². The number of nitrogens with one attached hydrogen (secondary N) is 2. The lowest BCUT2D eigenvalue weighted by molar-refractivity contribution is -0.164. The highest BCUT2D eigenvalue weighted by Gasteiger charge is 2.27. The Morgan fingerprint density at radius 2 is 2.03 bits per heavy atom. The van der Waals surface area contributed by atoms with Gasteiger partial charge in [-0.1, -0.05) is 25.7 Å². The summed E-state index contributed by atoms with van der Waals surface area (Å²) in [6.45, 7) is 5.31. The first kappa shape index (κ1) is 22.8. The van der Waals surface area contributed by atoms with E-state index in [0.29, 0.717) is 29.5 Å². The highest BCUT2D eigenvalue weighted by Crippen LogP contribution is 2.30. The highest BCUT2D eigenvalue weighted by atomic mass is 16.5. The number of carbonyl (C=O) groups excluding carboxylic acids is 3. The van der Waals surface area contributed by atoms with Crippen LogP contribution in [0.4, 0.5) is 6.01 Å². The lowest BCUT2D eigenvalue weighted by atomic mass is 9.96. The maximum Gasteiger partial charge on any atom is 0.301 e. The number of oxazole rings is 1. The molecule has 0 aromatic carbocycles. The van der Waals surface area contributed by atoms with E-state index in [2.05, 4.69) is 15.7 Å². The Bertz CT molecular complexity index is 686. The van der Waals surface area contributed by atoms with E-state index in [4.69, 9.17) is 4.42 Å². The molecule has 1 aromatic rings. The number of hydrogen-bond acceptors (Lipinski definition) is 7. The van der Waals surface area contributed by atoms with Gasteiger partial charge >= 0.3 is 6.01 Å². The summed E-state index contributed by atoms with van der Waals surface area (Å²) in [6.07, 6.45) is 6.65. The molecule has 1 aromatic heterocycles. The second-order valence-corrected chi connectivity index (χ2v) is 7.83. The van der Waals surface area contributed by atoms with Crippen LogP contribution in [0.1, 0.15) is 58.1 Å². The molecule has 1 aliphatic rings. The minimum Gasteiger partial charge on any atom is -0.432 e. The van der Waals surface area contributed by atoms with E-state index in [1.54, 1.807) is 6.92 Å². The molecule has 10 nitrogen and oxygen atoms in total. The quantitative estimate of drug-likeness (QED) is 0.289. The number of anilines is 1. The van der Waals surface area contributed by atoms with Crippen LogP contribution in [0.15, 0.2) is 10.7 Å². The summed E-state index contributed by atoms with van der Waals surface area (Å²) in [5.74, 6) is -0.360. The van der Waals surface area contributed by atoms with Crippen molar-refractivity contribution in [1.29, 1.82) is 0 Å². The zero-order chi connectivity index (χ0) is 21.4. The van der Waals surface area contributed by atoms with Crippen molar-refractivity contribution >= 4 is 24.2 Å². The summed E-state index contributed by atoms with van der Waals surface area (Å²) >= 11 is 0. The van der Waals surface area contributed by atoms with Gasteiger partial charge < -0.3 is 4.42 Å². The van der Waals surface area contributed by atoms with Gasteiger partial charge in [0, 0.05) is 6.04 Å². The molecular weight excluding hydrogens is 378 g/mol. The van der Waals surface area contributed by atoms with E-state index in [-0.39, 0.29) is 36.8 Å². The van der Waals surface area contributed by atoms with Gasteiger partial charge in [-0.05, 0) is 33.1 Å². The third kappa shape index (κ3) is 7.47. The third-order valence-electron chi connectivity index (χ3n) is 5.05. The van der Waals surface area contributed by atoms with E-state index in [1.807, 2.05) is 13.8 Å². The number of carbonyl (C=O) groups is 3. The molecule has 1 saturated carbocycles. The first-order valence-electron chi connectivity index (χ1n) is 9.99. The molecule has 2 rings (SSSR count). The van der Waals surface area contributed by atoms with Crippen LogP contribution in [0.3, 0.4) is 0 Å². The van der Waals surface area contributed by atoms with E-state index in [9.17, 15) is 19.6 Å². The molecule has 1 atom stereocenters. The number of hydrazine groups is 1. The Balaban J connectivity index is 1.90. The molecule has 0 saturated heterocycles. The van der Waals surface area contributed by atoms with E-state index in [1.165, 1.54) is 11.3 Å². The molecule has 0 aliphatic heterocycles. The van der Waals surface area contributed by atoms with E-state index < -0.39 is 6.04 Å². The van der Waals surface area contributed by atoms with Crippen molar-refractivity contribution in [2.45, 2.75) is 71.4 Å². The zero-order valence-corrected chi connectivity index (χ0v) is 17.3. The van der Waals surface area contributed by atoms with E-state index in [0.717, 1.165) is 25.7 Å². The summed E-state index contributed by atoms with van der Waals surface area (Å²) in [5.41, 5.74) is 3.35. The lowest BCUT2D eigenvalue weighted by Crippen LogP contribution is -2.51. The minimum absolute atomic E-state index is 0.0461. The molecule has 3 N–H and O–H groups in total. The molecule has 0 spiro atoms. The van der Waals surface area contributed by atoms with Gasteiger partial charge in [0.1, 0.15) is 6.26 Å². The Morgan fingerprint density at radius 3 is 2.59 bits per heavy atom. The second-order valence-electron chi connectivity index (χ2n) is 7.83. The number of rotatable bonds is 11. The molecule has 162 valence electrons. The van der Waals surface area contributed by atoms with Crippen molar-refractivity contribution in [3.05, 3.63) is 12.0 Å². The molecule has 29 heavy (non-hydrogen) atoms. The number of hydroxylamine groups is 2. The molecule has 0 radical (unpaired) electrons. The SMILES string of the molecule is Cc1coc(NC(=O)CN(NC(=O)CC(CC2CCCC2)N(O)C=O)C(C)C)n1. The van der Waals surface area contributed by atoms with Gasteiger partial charge in [-0.2, -0.15) is 4.98 Å². The summed E-state index contributed by atoms with van der Waals surface area (Å²) in [4.78, 5) is 39.8. The summed E-state index contributed by atoms with van der Waals surface area (Å²) in [7, 11) is 0. The Hall–Kier alpha value is -2.46. The first-order valence-corrected chi connectivity index (χ1v) is 9.99. The fourth-order valence-corrected chi connectivity index (χ4v) is 3.50. The smallest absolute Gasteiger partial charge is 0.301 e. The van der Waals surface area contributed by atoms with Gasteiger partial charge in [-0.15, -0.1) is 0 Å². The largest absolute Gasteiger partial charge is 0.432 e. The summed E-state index contributed by atoms with van der Waals surface area (Å²) in [6, 6.07) is -0.643. The van der Waals surface area contributed by atoms with Crippen molar-refractivity contribution in [2.24, 2.45) is 5.92 Å². The van der Waals surface area contributed by atoms with Crippen LogP contribution in [-0.4, -0.2) is 57.1 Å². The molecule has 3 amide bonds. The van der Waals surface area contributed by atoms with Crippen molar-refractivity contribution in [3.8, 4) is 0 Å². The molecule has 1 fully saturated rings. The van der Waals surface area contributed by atoms with Crippen LogP contribution in [0.5, 0.6) is 0 Å². The van der Waals surface area contributed by atoms with Crippen LogP contribution in [0, 0.1) is 12.8 Å². The van der Waals surface area contributed by atoms with Crippen LogP contribution < -0.4 is 10.7 Å². The molecule has 1 heterocycles. The summed E-state index contributed by atoms with van der Waals surface area (Å²) in [5, 5.41) is 14.5. The third-order valence-corrected chi connectivity index (χ3v) is 5.05. The Morgan fingerprint density at radius 1 is 1.34 bits per heavy atom. The fraction of sp³-hybridized carbons (Fsp3) is 0.684. The standard InChI is InChI=1S/C19H31N5O5/c1-13(2)23(10-18(27)21-19-20-14(3)11-29-19)22-17(26)9-16(24(28)12-25)8-15-6-4-5-7-15/h11-13,15-16,28H,4-10H2,1-3H3,(H,22,26)(H,20,21,27). The minimum atomic E-state index is -0.589. The van der Waals surface area contributed by atoms with Crippen LogP contribution in [-0.2, 0) is 14.4 Å². The van der Waals surface area contributed by atoms with Gasteiger partial charge in [0.15, 0.2) is 0 Å². The van der Waals surface area contributed by atoms with Crippen LogP contribution >= 0.6 is 0 Å². The molecule has 0 bridgehead atoms. The monoisotopic (exact) mass is 409 g/mol. The average molecular weight is 409 g/mol. The number of hydrogen-bond donors (Lipinski definition) is 3. The van der Waals surface area contributed by atoms with Gasteiger partial charge in [-0.3, -0.25) is 30.3 Å². The lowest BCUT2D eigenvalue weighted by Gasteiger charge is -2.29. The molecule has 10 heteroatoms. The molecule has 1 aliphatic carbocycles. The predicted octanol–water partition coefficient (Wildman–Crippen LogP) is 1.85. The normalized spacial score (nSPS) is 15.5. The van der Waals surface area contributed by atoms with Gasteiger partial charge in [0.05, 0.1) is 24.7 Å². The maximum absolute atomic E-state index is 12.5. The van der Waals surface area contributed by atoms with Gasteiger partial charge in [0.2, 0.25) is 18.2 Å². The highest BCUT2D eigenvalue weighted by molar-refractivity contribution is 5.90. The van der Waals surface area contributed by atoms with Crippen molar-refractivity contribution in [3.63, 3.8) is 0 Å². The number of nitrogens with zero attached hydrogens (tertiary/aromatic N) is 3. The van der Waals surface area contributed by atoms with Crippen molar-refractivity contribution in [2.75, 3.05) is 11.9 Å². The van der Waals surface area contributed by atoms with Gasteiger partial charge in [-0.25, -0.2) is 10.1 Å². The second kappa shape index (κ2) is 10.9. The Labute approximate surface area is 170 Å². The molecule has 1 unspecified atom stereocenters. The topological polar surface area (TPSA) is 128 Å². The average Bonchev–Trinajstić information content (AvgIpc) is 3.31. The fourth-order valence-electron chi connectivity index (χ4n) is 3.50. The first-order chi connectivity index (χ1) is 13.8.